The molecule has 1 saturated carbocycles. The summed E-state index contributed by atoms with van der Waals surface area (Å²) in [6.07, 6.45) is 2.68. The van der Waals surface area contributed by atoms with Crippen molar-refractivity contribution >= 4 is 21.4 Å². The van der Waals surface area contributed by atoms with Crippen molar-refractivity contribution in [2.45, 2.75) is 45.7 Å². The highest BCUT2D eigenvalue weighted by Gasteiger charge is 2.36. The van der Waals surface area contributed by atoms with Gasteiger partial charge >= 0.3 is 0 Å². The molecule has 0 amide bonds. The van der Waals surface area contributed by atoms with Crippen LogP contribution in [0.5, 0.6) is 0 Å². The Balaban J connectivity index is 1.83. The van der Waals surface area contributed by atoms with E-state index in [4.69, 9.17) is 0 Å². The van der Waals surface area contributed by atoms with Gasteiger partial charge in [-0.1, -0.05) is 31.5 Å². The summed E-state index contributed by atoms with van der Waals surface area (Å²) < 4.78 is 1.42. The molecule has 1 aromatic carbocycles. The Morgan fingerprint density at radius 3 is 2.83 bits per heavy atom. The van der Waals surface area contributed by atoms with Crippen LogP contribution < -0.4 is 5.32 Å². The number of fused-ring (bicyclic) bond motifs is 1. The van der Waals surface area contributed by atoms with E-state index in [1.54, 1.807) is 0 Å². The van der Waals surface area contributed by atoms with E-state index in [2.05, 4.69) is 50.4 Å². The molecule has 2 heteroatoms. The first-order valence-corrected chi connectivity index (χ1v) is 7.76. The Hall–Kier alpha value is -0.860. The first-order chi connectivity index (χ1) is 8.70. The minimum atomic E-state index is 0.490. The third kappa shape index (κ3) is 2.08. The van der Waals surface area contributed by atoms with Crippen LogP contribution in [0.3, 0.4) is 0 Å². The summed E-state index contributed by atoms with van der Waals surface area (Å²) >= 11 is 1.95. The van der Waals surface area contributed by atoms with Gasteiger partial charge in [0.2, 0.25) is 0 Å². The molecule has 3 rings (SSSR count). The Morgan fingerprint density at radius 1 is 1.39 bits per heavy atom. The van der Waals surface area contributed by atoms with Gasteiger partial charge in [0.05, 0.1) is 0 Å². The number of aryl methyl sites for hydroxylation is 1. The highest BCUT2D eigenvalue weighted by molar-refractivity contribution is 7.19. The molecule has 1 aliphatic carbocycles. The summed E-state index contributed by atoms with van der Waals surface area (Å²) in [5, 5.41) is 5.21. The summed E-state index contributed by atoms with van der Waals surface area (Å²) in [5.41, 5.74) is 1.46. The molecule has 1 nitrogen and oxygen atoms in total. The van der Waals surface area contributed by atoms with E-state index >= 15 is 0 Å². The van der Waals surface area contributed by atoms with Crippen molar-refractivity contribution in [1.29, 1.82) is 0 Å². The predicted octanol–water partition coefficient (Wildman–Crippen LogP) is 4.66. The second kappa shape index (κ2) is 4.67. The molecule has 3 atom stereocenters. The molecule has 0 spiro atoms. The van der Waals surface area contributed by atoms with Gasteiger partial charge in [-0.15, -0.1) is 11.3 Å². The normalized spacial score (nSPS) is 24.4. The fourth-order valence-corrected chi connectivity index (χ4v) is 4.13. The Labute approximate surface area is 113 Å². The maximum absolute atomic E-state index is 3.78. The molecule has 2 aromatic rings. The molecule has 0 bridgehead atoms. The Bertz CT molecular complexity index is 557. The number of rotatable bonds is 4. The topological polar surface area (TPSA) is 12.0 Å². The van der Waals surface area contributed by atoms with Gasteiger partial charge in [-0.25, -0.2) is 0 Å². The van der Waals surface area contributed by atoms with E-state index in [0.717, 1.165) is 12.0 Å². The summed E-state index contributed by atoms with van der Waals surface area (Å²) in [6.45, 7) is 6.86. The lowest BCUT2D eigenvalue weighted by molar-refractivity contribution is 0.544. The van der Waals surface area contributed by atoms with Crippen molar-refractivity contribution in [1.82, 2.24) is 5.32 Å². The van der Waals surface area contributed by atoms with Gasteiger partial charge in [-0.05, 0) is 43.2 Å². The van der Waals surface area contributed by atoms with Gasteiger partial charge in [0, 0.05) is 21.7 Å². The van der Waals surface area contributed by atoms with Crippen LogP contribution in [0.25, 0.3) is 10.1 Å². The molecular weight excluding hydrogens is 238 g/mol. The lowest BCUT2D eigenvalue weighted by Gasteiger charge is -2.13. The first kappa shape index (κ1) is 12.2. The van der Waals surface area contributed by atoms with Crippen LogP contribution in [0.4, 0.5) is 0 Å². The predicted molar refractivity (Wildman–Crippen MR) is 80.3 cm³/mol. The van der Waals surface area contributed by atoms with Crippen LogP contribution in [0.15, 0.2) is 24.3 Å². The van der Waals surface area contributed by atoms with E-state index in [0.29, 0.717) is 6.04 Å². The van der Waals surface area contributed by atoms with Gasteiger partial charge in [-0.2, -0.15) is 0 Å². The van der Waals surface area contributed by atoms with Crippen molar-refractivity contribution in [2.75, 3.05) is 0 Å². The third-order valence-electron chi connectivity index (χ3n) is 4.18. The van der Waals surface area contributed by atoms with Crippen LogP contribution in [0, 0.1) is 12.8 Å². The minimum absolute atomic E-state index is 0.490. The number of nitrogens with one attached hydrogen (secondary N) is 1. The molecular formula is C16H21NS. The smallest absolute Gasteiger partial charge is 0.0391 e. The lowest BCUT2D eigenvalue weighted by Crippen LogP contribution is -2.22. The standard InChI is InChI=1S/C16H21NS/c1-4-12-9-14(12)17-11(3)16-10(2)13-7-5-6-8-15(13)18-16/h5-8,11-12,14,17H,4,9H2,1-3H3. The average Bonchev–Trinajstić information content (AvgIpc) is 3.05. The quantitative estimate of drug-likeness (QED) is 0.842. The molecule has 1 heterocycles. The number of thiophene rings is 1. The number of benzene rings is 1. The SMILES string of the molecule is CCC1CC1NC(C)c1sc2ccccc2c1C. The van der Waals surface area contributed by atoms with Gasteiger partial charge in [0.1, 0.15) is 0 Å². The van der Waals surface area contributed by atoms with Crippen molar-refractivity contribution in [2.24, 2.45) is 5.92 Å². The number of hydrogen-bond acceptors (Lipinski definition) is 2. The molecule has 3 unspecified atom stereocenters. The maximum Gasteiger partial charge on any atom is 0.0391 e. The first-order valence-electron chi connectivity index (χ1n) is 6.94. The van der Waals surface area contributed by atoms with Crippen LogP contribution in [0.1, 0.15) is 43.2 Å². The molecule has 18 heavy (non-hydrogen) atoms. The van der Waals surface area contributed by atoms with Crippen LogP contribution in [-0.2, 0) is 0 Å². The van der Waals surface area contributed by atoms with E-state index in [9.17, 15) is 0 Å². The largest absolute Gasteiger partial charge is 0.306 e. The number of hydrogen-bond donors (Lipinski definition) is 1. The van der Waals surface area contributed by atoms with Crippen molar-refractivity contribution in [3.63, 3.8) is 0 Å². The second-order valence-electron chi connectivity index (χ2n) is 5.49. The zero-order valence-electron chi connectivity index (χ0n) is 11.4. The fraction of sp³-hybridized carbons (Fsp3) is 0.500. The Kier molecular flexibility index (Phi) is 3.16. The summed E-state index contributed by atoms with van der Waals surface area (Å²) in [4.78, 5) is 1.51. The molecule has 0 radical (unpaired) electrons. The highest BCUT2D eigenvalue weighted by atomic mass is 32.1. The second-order valence-corrected chi connectivity index (χ2v) is 6.57. The molecule has 1 aromatic heterocycles. The summed E-state index contributed by atoms with van der Waals surface area (Å²) in [5.74, 6) is 0.919. The van der Waals surface area contributed by atoms with E-state index in [1.165, 1.54) is 33.4 Å². The van der Waals surface area contributed by atoms with E-state index in [-0.39, 0.29) is 0 Å². The summed E-state index contributed by atoms with van der Waals surface area (Å²) in [7, 11) is 0. The van der Waals surface area contributed by atoms with Crippen molar-refractivity contribution in [3.8, 4) is 0 Å². The van der Waals surface area contributed by atoms with Gasteiger partial charge in [0.15, 0.2) is 0 Å². The van der Waals surface area contributed by atoms with Gasteiger partial charge in [-0.3, -0.25) is 0 Å². The zero-order chi connectivity index (χ0) is 12.7. The lowest BCUT2D eigenvalue weighted by atomic mass is 10.1. The average molecular weight is 259 g/mol. The van der Waals surface area contributed by atoms with Crippen LogP contribution in [0.2, 0.25) is 0 Å². The van der Waals surface area contributed by atoms with E-state index < -0.39 is 0 Å². The van der Waals surface area contributed by atoms with Crippen molar-refractivity contribution < 1.29 is 0 Å². The monoisotopic (exact) mass is 259 g/mol. The Morgan fingerprint density at radius 2 is 2.17 bits per heavy atom. The maximum atomic E-state index is 3.78. The molecule has 96 valence electrons. The zero-order valence-corrected chi connectivity index (χ0v) is 12.2. The third-order valence-corrected chi connectivity index (χ3v) is 5.64. The minimum Gasteiger partial charge on any atom is -0.306 e. The van der Waals surface area contributed by atoms with E-state index in [1.807, 2.05) is 11.3 Å². The molecule has 1 N–H and O–H groups in total. The molecule has 1 aliphatic rings. The fourth-order valence-electron chi connectivity index (χ4n) is 2.91. The molecule has 0 aliphatic heterocycles. The highest BCUT2D eigenvalue weighted by Crippen LogP contribution is 2.38. The van der Waals surface area contributed by atoms with Crippen LogP contribution in [-0.4, -0.2) is 6.04 Å². The van der Waals surface area contributed by atoms with Crippen molar-refractivity contribution in [3.05, 3.63) is 34.7 Å². The van der Waals surface area contributed by atoms with Gasteiger partial charge < -0.3 is 5.32 Å². The van der Waals surface area contributed by atoms with Gasteiger partial charge in [0.25, 0.3) is 0 Å². The molecule has 0 saturated heterocycles. The molecule has 1 fully saturated rings. The summed E-state index contributed by atoms with van der Waals surface area (Å²) in [6, 6.07) is 9.99. The van der Waals surface area contributed by atoms with Crippen LogP contribution >= 0.6 is 11.3 Å².